The topological polar surface area (TPSA) is 63.5 Å². The highest BCUT2D eigenvalue weighted by Crippen LogP contribution is 2.39. The summed E-state index contributed by atoms with van der Waals surface area (Å²) in [6, 6.07) is 23.7. The second kappa shape index (κ2) is 6.56. The molecule has 0 atom stereocenters. The lowest BCUT2D eigenvalue weighted by Crippen LogP contribution is -1.96. The van der Waals surface area contributed by atoms with E-state index in [0.29, 0.717) is 12.1 Å². The van der Waals surface area contributed by atoms with Gasteiger partial charge < -0.3 is 19.7 Å². The zero-order chi connectivity index (χ0) is 20.0. The van der Waals surface area contributed by atoms with Crippen molar-refractivity contribution in [1.29, 1.82) is 0 Å². The number of amides is 1. The van der Waals surface area contributed by atoms with Crippen molar-refractivity contribution in [2.75, 3.05) is 12.4 Å². The molecule has 1 amide bonds. The number of aromatic nitrogens is 1. The molecule has 5 aromatic rings. The summed E-state index contributed by atoms with van der Waals surface area (Å²) >= 11 is 0. The Morgan fingerprint density at radius 2 is 1.72 bits per heavy atom. The van der Waals surface area contributed by atoms with Gasteiger partial charge in [0.05, 0.1) is 23.8 Å². The van der Waals surface area contributed by atoms with Crippen molar-refractivity contribution >= 4 is 44.7 Å². The smallest absolute Gasteiger partial charge is 0.211 e. The quantitative estimate of drug-likeness (QED) is 0.331. The maximum atomic E-state index is 10.8. The molecular formula is C24H18N2O3. The molecule has 1 aromatic heterocycles. The number of nitrogens with zero attached hydrogens (tertiary/aromatic N) is 1. The Bertz CT molecular complexity index is 1380. The van der Waals surface area contributed by atoms with E-state index in [1.807, 2.05) is 42.5 Å². The molecule has 0 radical (unpaired) electrons. The van der Waals surface area contributed by atoms with Crippen LogP contribution in [-0.4, -0.2) is 23.2 Å². The summed E-state index contributed by atoms with van der Waals surface area (Å²) < 4.78 is 7.50. The number of fused-ring (bicyclic) bond motifs is 5. The molecule has 0 unspecified atom stereocenters. The van der Waals surface area contributed by atoms with Crippen LogP contribution in [0.5, 0.6) is 11.5 Å². The van der Waals surface area contributed by atoms with E-state index in [9.17, 15) is 9.90 Å². The van der Waals surface area contributed by atoms with E-state index in [2.05, 4.69) is 28.1 Å². The minimum atomic E-state index is 0.0311. The van der Waals surface area contributed by atoms with Crippen LogP contribution in [0.3, 0.4) is 0 Å². The highest BCUT2D eigenvalue weighted by atomic mass is 16.5. The Balaban J connectivity index is 1.93. The lowest BCUT2D eigenvalue weighted by atomic mass is 10.0. The van der Waals surface area contributed by atoms with E-state index in [1.165, 1.54) is 0 Å². The summed E-state index contributed by atoms with van der Waals surface area (Å²) in [7, 11) is 1.65. The highest BCUT2D eigenvalue weighted by molar-refractivity contribution is 6.19. The first kappa shape index (κ1) is 17.1. The van der Waals surface area contributed by atoms with Gasteiger partial charge in [0, 0.05) is 21.8 Å². The van der Waals surface area contributed by atoms with Crippen molar-refractivity contribution in [2.45, 2.75) is 0 Å². The average Bonchev–Trinajstić information content (AvgIpc) is 3.09. The van der Waals surface area contributed by atoms with Gasteiger partial charge in [-0.05, 0) is 47.9 Å². The number of para-hydroxylation sites is 1. The first-order valence-corrected chi connectivity index (χ1v) is 9.25. The van der Waals surface area contributed by atoms with Gasteiger partial charge in [0.25, 0.3) is 0 Å². The number of carbonyl (C=O) groups is 1. The van der Waals surface area contributed by atoms with Crippen LogP contribution in [0.1, 0.15) is 0 Å². The summed E-state index contributed by atoms with van der Waals surface area (Å²) in [5, 5.41) is 17.1. The Hall–Kier alpha value is -3.99. The first-order chi connectivity index (χ1) is 14.2. The number of nitrogens with one attached hydrogen (secondary N) is 1. The Morgan fingerprint density at radius 3 is 2.48 bits per heavy atom. The molecule has 2 N–H and O–H groups in total. The number of phenols is 1. The van der Waals surface area contributed by atoms with Crippen molar-refractivity contribution < 1.29 is 14.6 Å². The van der Waals surface area contributed by atoms with E-state index < -0.39 is 0 Å². The van der Waals surface area contributed by atoms with E-state index in [4.69, 9.17) is 4.74 Å². The average molecular weight is 382 g/mol. The molecule has 5 heteroatoms. The third kappa shape index (κ3) is 2.59. The fourth-order valence-electron chi connectivity index (χ4n) is 4.00. The van der Waals surface area contributed by atoms with Crippen molar-refractivity contribution in [3.8, 4) is 17.2 Å². The number of benzene rings is 4. The molecule has 0 spiro atoms. The van der Waals surface area contributed by atoms with Crippen molar-refractivity contribution in [1.82, 2.24) is 4.57 Å². The second-order valence-electron chi connectivity index (χ2n) is 6.86. The highest BCUT2D eigenvalue weighted by Gasteiger charge is 2.16. The van der Waals surface area contributed by atoms with Crippen LogP contribution in [0.15, 0.2) is 72.8 Å². The first-order valence-electron chi connectivity index (χ1n) is 9.25. The van der Waals surface area contributed by atoms with Crippen molar-refractivity contribution in [3.05, 3.63) is 72.8 Å². The third-order valence-corrected chi connectivity index (χ3v) is 5.31. The van der Waals surface area contributed by atoms with E-state index in [1.54, 1.807) is 19.2 Å². The number of anilines is 1. The molecule has 1 heterocycles. The van der Waals surface area contributed by atoms with E-state index in [-0.39, 0.29) is 5.75 Å². The summed E-state index contributed by atoms with van der Waals surface area (Å²) in [4.78, 5) is 10.8. The second-order valence-corrected chi connectivity index (χ2v) is 6.86. The predicted molar refractivity (Wildman–Crippen MR) is 116 cm³/mol. The molecule has 0 aliphatic rings. The third-order valence-electron chi connectivity index (χ3n) is 5.31. The predicted octanol–water partition coefficient (Wildman–Crippen LogP) is 5.22. The molecule has 0 aliphatic carbocycles. The lowest BCUT2D eigenvalue weighted by molar-refractivity contribution is -0.105. The van der Waals surface area contributed by atoms with Gasteiger partial charge in [-0.3, -0.25) is 4.79 Å². The van der Waals surface area contributed by atoms with E-state index >= 15 is 0 Å². The Labute approximate surface area is 166 Å². The molecule has 0 aliphatic heterocycles. The van der Waals surface area contributed by atoms with Crippen LogP contribution in [0.4, 0.5) is 5.69 Å². The summed E-state index contributed by atoms with van der Waals surface area (Å²) in [6.07, 6.45) is 0.563. The van der Waals surface area contributed by atoms with Gasteiger partial charge in [-0.1, -0.05) is 30.3 Å². The number of ether oxygens (including phenoxy) is 1. The normalized spacial score (nSPS) is 11.2. The number of methoxy groups -OCH3 is 1. The molecule has 29 heavy (non-hydrogen) atoms. The maximum absolute atomic E-state index is 10.8. The van der Waals surface area contributed by atoms with Gasteiger partial charge in [0.1, 0.15) is 11.5 Å². The van der Waals surface area contributed by atoms with Gasteiger partial charge in [-0.25, -0.2) is 0 Å². The molecule has 0 saturated carbocycles. The largest absolute Gasteiger partial charge is 0.506 e. The van der Waals surface area contributed by atoms with Crippen LogP contribution < -0.4 is 10.1 Å². The van der Waals surface area contributed by atoms with Crippen LogP contribution in [0, 0.1) is 0 Å². The summed E-state index contributed by atoms with van der Waals surface area (Å²) in [6.45, 7) is 0. The molecule has 4 aromatic carbocycles. The van der Waals surface area contributed by atoms with Gasteiger partial charge in [0.15, 0.2) is 0 Å². The number of phenolic OH excluding ortho intramolecular Hbond substituents is 1. The standard InChI is InChI=1S/C24H18N2O3/c1-29-17-9-7-16(8-10-17)26-22-5-3-2-4-18(22)19-11-6-15-12-21(25-14-27)23(28)13-20(15)24(19)26/h2-14,28H,1H3,(H,25,27). The zero-order valence-electron chi connectivity index (χ0n) is 15.7. The zero-order valence-corrected chi connectivity index (χ0v) is 15.7. The van der Waals surface area contributed by atoms with Gasteiger partial charge >= 0.3 is 0 Å². The maximum Gasteiger partial charge on any atom is 0.211 e. The minimum absolute atomic E-state index is 0.0311. The number of aromatic hydroxyl groups is 1. The SMILES string of the molecule is COc1ccc(-n2c3ccccc3c3ccc4cc(NC=O)c(O)cc4c32)cc1. The molecule has 0 fully saturated rings. The molecular weight excluding hydrogens is 364 g/mol. The molecule has 5 nitrogen and oxygen atoms in total. The Morgan fingerprint density at radius 1 is 0.931 bits per heavy atom. The van der Waals surface area contributed by atoms with Crippen molar-refractivity contribution in [3.63, 3.8) is 0 Å². The van der Waals surface area contributed by atoms with Crippen LogP contribution >= 0.6 is 0 Å². The molecule has 0 bridgehead atoms. The van der Waals surface area contributed by atoms with Crippen molar-refractivity contribution in [2.24, 2.45) is 0 Å². The number of rotatable bonds is 4. The fourth-order valence-corrected chi connectivity index (χ4v) is 4.00. The number of hydrogen-bond donors (Lipinski definition) is 2. The van der Waals surface area contributed by atoms with Crippen LogP contribution in [-0.2, 0) is 4.79 Å². The number of carbonyl (C=O) groups excluding carboxylic acids is 1. The van der Waals surface area contributed by atoms with Gasteiger partial charge in [-0.2, -0.15) is 0 Å². The van der Waals surface area contributed by atoms with Gasteiger partial charge in [-0.15, -0.1) is 0 Å². The molecule has 142 valence electrons. The Kier molecular flexibility index (Phi) is 3.88. The minimum Gasteiger partial charge on any atom is -0.506 e. The van der Waals surface area contributed by atoms with Crippen LogP contribution in [0.2, 0.25) is 0 Å². The lowest BCUT2D eigenvalue weighted by Gasteiger charge is -2.12. The molecule has 0 saturated heterocycles. The van der Waals surface area contributed by atoms with E-state index in [0.717, 1.165) is 44.0 Å². The van der Waals surface area contributed by atoms with Gasteiger partial charge in [0.2, 0.25) is 6.41 Å². The molecule has 5 rings (SSSR count). The van der Waals surface area contributed by atoms with Crippen LogP contribution in [0.25, 0.3) is 38.3 Å². The number of hydrogen-bond acceptors (Lipinski definition) is 3. The summed E-state index contributed by atoms with van der Waals surface area (Å²) in [5.74, 6) is 0.824. The monoisotopic (exact) mass is 382 g/mol. The fraction of sp³-hybridized carbons (Fsp3) is 0.0417. The summed E-state index contributed by atoms with van der Waals surface area (Å²) in [5.41, 5.74) is 3.47.